The first-order valence-electron chi connectivity index (χ1n) is 1.96. The van der Waals surface area contributed by atoms with Gasteiger partial charge in [-0.3, -0.25) is 0 Å². The molecule has 0 aliphatic rings. The van der Waals surface area contributed by atoms with Crippen molar-refractivity contribution in [1.82, 2.24) is 0 Å². The topological polar surface area (TPSA) is 27.7 Å². The Hall–Kier alpha value is 0.190. The first-order chi connectivity index (χ1) is 3.68. The van der Waals surface area contributed by atoms with Gasteiger partial charge < -0.3 is 12.8 Å². The van der Waals surface area contributed by atoms with E-state index in [0.29, 0.717) is 0 Å². The molecule has 0 unspecified atom stereocenters. The number of nitrogens with zero attached hydrogens (tertiary/aromatic N) is 1. The molecule has 0 saturated carbocycles. The average Bonchev–Trinajstić information content (AvgIpc) is 1.87. The zero-order valence-electron chi connectivity index (χ0n) is 5.08. The van der Waals surface area contributed by atoms with Crippen LogP contribution < -0.4 is 0 Å². The lowest BCUT2D eigenvalue weighted by molar-refractivity contribution is -1.27. The summed E-state index contributed by atoms with van der Waals surface area (Å²) in [7, 11) is 4.17. The standard InChI is InChI=1S/C3H9NO3S/c1-5-4(8,6-2)7-3/h1-3H3. The molecule has 0 aliphatic carbocycles. The Balaban J connectivity index is 3.58. The predicted molar refractivity (Wildman–Crippen MR) is 28.7 cm³/mol. The molecule has 0 aromatic heterocycles. The summed E-state index contributed by atoms with van der Waals surface area (Å²) in [6.07, 6.45) is 0. The maximum absolute atomic E-state index is 4.58. The Morgan fingerprint density at radius 1 is 1.00 bits per heavy atom. The minimum absolute atomic E-state index is 0.708. The summed E-state index contributed by atoms with van der Waals surface area (Å²) in [4.78, 5) is 13.6. The molecule has 0 aromatic rings. The van der Waals surface area contributed by atoms with E-state index >= 15 is 0 Å². The van der Waals surface area contributed by atoms with Crippen molar-refractivity contribution in [2.45, 2.75) is 0 Å². The van der Waals surface area contributed by atoms with Crippen LogP contribution in [0.2, 0.25) is 0 Å². The van der Waals surface area contributed by atoms with Crippen molar-refractivity contribution in [3.05, 3.63) is 0 Å². The molecular weight excluding hydrogens is 130 g/mol. The van der Waals surface area contributed by atoms with Gasteiger partial charge in [-0.25, -0.2) is 0 Å². The fraction of sp³-hybridized carbons (Fsp3) is 1.00. The molecule has 0 spiro atoms. The normalized spacial score (nSPS) is 12.0. The second-order valence-electron chi connectivity index (χ2n) is 0.995. The van der Waals surface area contributed by atoms with Crippen molar-refractivity contribution in [3.8, 4) is 0 Å². The van der Waals surface area contributed by atoms with E-state index in [1.54, 1.807) is 0 Å². The SMILES string of the molecule is CO[N+]([S-])(OC)OC. The minimum atomic E-state index is -0.708. The lowest BCUT2D eigenvalue weighted by atomic mass is 11.7. The second kappa shape index (κ2) is 3.26. The van der Waals surface area contributed by atoms with Crippen LogP contribution in [0.1, 0.15) is 0 Å². The number of rotatable bonds is 3. The van der Waals surface area contributed by atoms with E-state index < -0.39 is 4.38 Å². The Morgan fingerprint density at radius 3 is 1.25 bits per heavy atom. The highest BCUT2D eigenvalue weighted by Gasteiger charge is 2.10. The predicted octanol–water partition coefficient (Wildman–Crippen LogP) is -0.0507. The van der Waals surface area contributed by atoms with Crippen LogP contribution in [0, 0.1) is 0 Å². The first-order valence-corrected chi connectivity index (χ1v) is 2.32. The number of quaternary nitrogens is 1. The van der Waals surface area contributed by atoms with Gasteiger partial charge in [-0.1, -0.05) is 0 Å². The van der Waals surface area contributed by atoms with Crippen LogP contribution in [-0.4, -0.2) is 25.7 Å². The first kappa shape index (κ1) is 8.19. The summed E-state index contributed by atoms with van der Waals surface area (Å²) in [6.45, 7) is 0. The highest BCUT2D eigenvalue weighted by molar-refractivity contribution is 7.51. The smallest absolute Gasteiger partial charge is 0.102 e. The van der Waals surface area contributed by atoms with Gasteiger partial charge in [0, 0.05) is 0 Å². The molecule has 0 fully saturated rings. The maximum Gasteiger partial charge on any atom is 0.102 e. The van der Waals surface area contributed by atoms with Crippen LogP contribution in [0.25, 0.3) is 0 Å². The summed E-state index contributed by atoms with van der Waals surface area (Å²) in [6, 6.07) is 0. The summed E-state index contributed by atoms with van der Waals surface area (Å²) in [5.41, 5.74) is 0. The summed E-state index contributed by atoms with van der Waals surface area (Å²) in [5, 5.41) is 0. The Bertz CT molecular complexity index is 57.3. The van der Waals surface area contributed by atoms with Crippen molar-refractivity contribution >= 4 is 12.8 Å². The summed E-state index contributed by atoms with van der Waals surface area (Å²) < 4.78 is -0.708. The van der Waals surface area contributed by atoms with Crippen LogP contribution >= 0.6 is 0 Å². The Labute approximate surface area is 53.9 Å². The molecule has 4 nitrogen and oxygen atoms in total. The molecule has 0 bridgehead atoms. The van der Waals surface area contributed by atoms with Crippen molar-refractivity contribution in [2.24, 2.45) is 0 Å². The monoisotopic (exact) mass is 139 g/mol. The van der Waals surface area contributed by atoms with Crippen molar-refractivity contribution in [2.75, 3.05) is 21.3 Å². The Morgan fingerprint density at radius 2 is 1.25 bits per heavy atom. The largest absolute Gasteiger partial charge is 0.361 e. The van der Waals surface area contributed by atoms with Gasteiger partial charge >= 0.3 is 0 Å². The van der Waals surface area contributed by atoms with E-state index in [0.717, 1.165) is 0 Å². The molecule has 5 heteroatoms. The van der Waals surface area contributed by atoms with E-state index in [4.69, 9.17) is 0 Å². The molecule has 0 radical (unpaired) electrons. The average molecular weight is 139 g/mol. The Kier molecular flexibility index (Phi) is 3.34. The van der Waals surface area contributed by atoms with Crippen LogP contribution in [-0.2, 0) is 27.3 Å². The lowest BCUT2D eigenvalue weighted by Gasteiger charge is -2.28. The molecule has 0 amide bonds. The zero-order valence-corrected chi connectivity index (χ0v) is 5.90. The zero-order chi connectivity index (χ0) is 6.62. The lowest BCUT2D eigenvalue weighted by Crippen LogP contribution is -2.38. The van der Waals surface area contributed by atoms with Gasteiger partial charge in [-0.05, 0) is 4.38 Å². The third kappa shape index (κ3) is 1.97. The third-order valence-electron chi connectivity index (χ3n) is 0.671. The second-order valence-corrected chi connectivity index (χ2v) is 1.44. The molecule has 0 rings (SSSR count). The van der Waals surface area contributed by atoms with Gasteiger partial charge in [-0.2, -0.15) is 14.5 Å². The van der Waals surface area contributed by atoms with Crippen LogP contribution in [0.15, 0.2) is 0 Å². The highest BCUT2D eigenvalue weighted by Crippen LogP contribution is 2.01. The molecule has 0 atom stereocenters. The van der Waals surface area contributed by atoms with E-state index in [9.17, 15) is 0 Å². The summed E-state index contributed by atoms with van der Waals surface area (Å²) >= 11 is 4.58. The van der Waals surface area contributed by atoms with Gasteiger partial charge in [0.2, 0.25) is 0 Å². The third-order valence-corrected chi connectivity index (χ3v) is 1.12. The van der Waals surface area contributed by atoms with Gasteiger partial charge in [-0.15, -0.1) is 0 Å². The van der Waals surface area contributed by atoms with Crippen LogP contribution in [0.4, 0.5) is 0 Å². The quantitative estimate of drug-likeness (QED) is 0.311. The molecule has 50 valence electrons. The van der Waals surface area contributed by atoms with E-state index in [2.05, 4.69) is 27.3 Å². The van der Waals surface area contributed by atoms with Gasteiger partial charge in [0.15, 0.2) is 0 Å². The van der Waals surface area contributed by atoms with E-state index in [-0.39, 0.29) is 0 Å². The number of hydrogen-bond acceptors (Lipinski definition) is 4. The molecular formula is C3H9NO3S. The molecule has 8 heavy (non-hydrogen) atoms. The number of hydrogen-bond donors (Lipinski definition) is 0. The minimum Gasteiger partial charge on any atom is -0.361 e. The fourth-order valence-electron chi connectivity index (χ4n) is 0.224. The summed E-state index contributed by atoms with van der Waals surface area (Å²) in [5.74, 6) is 0. The van der Waals surface area contributed by atoms with Crippen LogP contribution in [0.5, 0.6) is 0 Å². The van der Waals surface area contributed by atoms with E-state index in [1.165, 1.54) is 21.3 Å². The van der Waals surface area contributed by atoms with Crippen molar-refractivity contribution in [1.29, 1.82) is 0 Å². The van der Waals surface area contributed by atoms with Crippen molar-refractivity contribution in [3.63, 3.8) is 0 Å². The molecule has 0 aromatic carbocycles. The van der Waals surface area contributed by atoms with Gasteiger partial charge in [0.25, 0.3) is 0 Å². The fourth-order valence-corrected chi connectivity index (χ4v) is 0.224. The molecule has 0 heterocycles. The molecule has 0 saturated heterocycles. The van der Waals surface area contributed by atoms with Gasteiger partial charge in [0.1, 0.15) is 21.3 Å². The van der Waals surface area contributed by atoms with Crippen molar-refractivity contribution < 1.29 is 18.9 Å². The van der Waals surface area contributed by atoms with Crippen LogP contribution in [0.3, 0.4) is 0 Å². The maximum atomic E-state index is 4.58. The highest BCUT2D eigenvalue weighted by atomic mass is 32.1. The van der Waals surface area contributed by atoms with E-state index in [1.807, 2.05) is 0 Å². The molecule has 0 N–H and O–H groups in total. The van der Waals surface area contributed by atoms with Gasteiger partial charge in [0.05, 0.1) is 0 Å². The molecule has 0 aliphatic heterocycles.